The molecule has 24 heavy (non-hydrogen) atoms. The second kappa shape index (κ2) is 5.39. The van der Waals surface area contributed by atoms with Crippen LogP contribution in [-0.2, 0) is 4.74 Å². The second-order valence-electron chi connectivity index (χ2n) is 6.46. The summed E-state index contributed by atoms with van der Waals surface area (Å²) in [5, 5.41) is 20.8. The molecule has 0 amide bonds. The summed E-state index contributed by atoms with van der Waals surface area (Å²) < 4.78 is 8.24. The quantitative estimate of drug-likeness (QED) is 0.354. The average molecular weight is 331 g/mol. The van der Waals surface area contributed by atoms with E-state index in [2.05, 4.69) is 20.9 Å². The van der Waals surface area contributed by atoms with Crippen LogP contribution in [0.1, 0.15) is 6.23 Å². The summed E-state index contributed by atoms with van der Waals surface area (Å²) in [6.45, 7) is 3.11. The SMILES string of the molecule is C#CC[N+]1(C[C@H]2O[C@@H](n3cnc4c(N)ncnc43)[C@@H](O)C2O)CC1. The van der Waals surface area contributed by atoms with Crippen LogP contribution in [0.25, 0.3) is 11.2 Å². The van der Waals surface area contributed by atoms with Crippen molar-refractivity contribution in [3.05, 3.63) is 12.7 Å². The zero-order valence-electron chi connectivity index (χ0n) is 13.0. The number of nitrogens with two attached hydrogens (primary N) is 1. The van der Waals surface area contributed by atoms with Gasteiger partial charge in [-0.25, -0.2) is 15.0 Å². The Hall–Kier alpha value is -2.25. The van der Waals surface area contributed by atoms with Crippen LogP contribution >= 0.6 is 0 Å². The van der Waals surface area contributed by atoms with Gasteiger partial charge in [0.05, 0.1) is 6.33 Å². The molecule has 0 radical (unpaired) electrons. The highest BCUT2D eigenvalue weighted by Gasteiger charge is 2.51. The highest BCUT2D eigenvalue weighted by Crippen LogP contribution is 2.34. The van der Waals surface area contributed by atoms with Crippen LogP contribution in [0.2, 0.25) is 0 Å². The first-order valence-electron chi connectivity index (χ1n) is 7.78. The third-order valence-corrected chi connectivity index (χ3v) is 4.85. The lowest BCUT2D eigenvalue weighted by atomic mass is 10.1. The van der Waals surface area contributed by atoms with Crippen molar-refractivity contribution in [1.29, 1.82) is 0 Å². The Morgan fingerprint density at radius 2 is 2.12 bits per heavy atom. The number of nitrogen functional groups attached to an aromatic ring is 1. The molecule has 9 nitrogen and oxygen atoms in total. The standard InChI is InChI=1S/C15H19N6O3/c1-2-3-21(4-5-21)6-9-11(22)12(23)15(24-9)20-8-19-10-13(16)17-7-18-14(10)20/h1,7-9,11-12,15,22-23H,3-6H2,(H2,16,17,18)/q+1/t9-,11?,12+,15-/m1/s1. The van der Waals surface area contributed by atoms with E-state index < -0.39 is 24.5 Å². The maximum atomic E-state index is 10.4. The lowest BCUT2D eigenvalue weighted by molar-refractivity contribution is -0.796. The highest BCUT2D eigenvalue weighted by molar-refractivity contribution is 5.81. The second-order valence-corrected chi connectivity index (χ2v) is 6.46. The number of ether oxygens (including phenoxy) is 1. The van der Waals surface area contributed by atoms with Crippen LogP contribution in [0, 0.1) is 12.3 Å². The maximum Gasteiger partial charge on any atom is 0.167 e. The number of aliphatic hydroxyl groups excluding tert-OH is 2. The van der Waals surface area contributed by atoms with Crippen molar-refractivity contribution in [2.45, 2.75) is 24.5 Å². The largest absolute Gasteiger partial charge is 0.387 e. The monoisotopic (exact) mass is 331 g/mol. The first-order valence-corrected chi connectivity index (χ1v) is 7.78. The van der Waals surface area contributed by atoms with E-state index in [1.165, 1.54) is 12.7 Å². The van der Waals surface area contributed by atoms with E-state index in [1.807, 2.05) is 0 Å². The summed E-state index contributed by atoms with van der Waals surface area (Å²) in [5.41, 5.74) is 6.68. The van der Waals surface area contributed by atoms with Gasteiger partial charge in [-0.05, 0) is 5.92 Å². The number of nitrogens with zero attached hydrogens (tertiary/aromatic N) is 5. The highest BCUT2D eigenvalue weighted by atomic mass is 16.6. The van der Waals surface area contributed by atoms with Gasteiger partial charge in [-0.2, -0.15) is 0 Å². The molecule has 0 spiro atoms. The molecule has 2 aliphatic heterocycles. The lowest BCUT2D eigenvalue weighted by Gasteiger charge is -2.21. The van der Waals surface area contributed by atoms with Crippen molar-refractivity contribution in [2.75, 3.05) is 31.9 Å². The molecule has 4 heterocycles. The van der Waals surface area contributed by atoms with Gasteiger partial charge in [0.2, 0.25) is 0 Å². The van der Waals surface area contributed by atoms with Crippen molar-refractivity contribution in [3.8, 4) is 12.3 Å². The molecule has 0 saturated carbocycles. The first-order chi connectivity index (χ1) is 11.5. The van der Waals surface area contributed by atoms with E-state index in [1.54, 1.807) is 4.57 Å². The Morgan fingerprint density at radius 3 is 2.83 bits per heavy atom. The Bertz CT molecular complexity index is 811. The van der Waals surface area contributed by atoms with Gasteiger partial charge >= 0.3 is 0 Å². The summed E-state index contributed by atoms with van der Waals surface area (Å²) in [6, 6.07) is 0. The van der Waals surface area contributed by atoms with Crippen molar-refractivity contribution in [3.63, 3.8) is 0 Å². The zero-order valence-corrected chi connectivity index (χ0v) is 13.0. The Balaban J connectivity index is 1.60. The molecule has 4 N–H and O–H groups in total. The maximum absolute atomic E-state index is 10.4. The normalized spacial score (nSPS) is 31.2. The molecule has 2 aromatic heterocycles. The topological polar surface area (TPSA) is 119 Å². The number of fused-ring (bicyclic) bond motifs is 1. The molecular formula is C15H19N6O3+. The molecule has 1 unspecified atom stereocenters. The van der Waals surface area contributed by atoms with Crippen molar-refractivity contribution in [1.82, 2.24) is 19.5 Å². The predicted molar refractivity (Wildman–Crippen MR) is 84.2 cm³/mol. The van der Waals surface area contributed by atoms with Gasteiger partial charge in [0.25, 0.3) is 0 Å². The minimum atomic E-state index is -1.09. The summed E-state index contributed by atoms with van der Waals surface area (Å²) in [7, 11) is 0. The van der Waals surface area contributed by atoms with Crippen LogP contribution in [0.15, 0.2) is 12.7 Å². The number of rotatable bonds is 4. The van der Waals surface area contributed by atoms with E-state index in [0.717, 1.165) is 17.6 Å². The molecular weight excluding hydrogens is 312 g/mol. The fourth-order valence-electron chi connectivity index (χ4n) is 3.29. The van der Waals surface area contributed by atoms with Crippen LogP contribution in [0.4, 0.5) is 5.82 Å². The van der Waals surface area contributed by atoms with Crippen LogP contribution in [-0.4, -0.2) is 78.7 Å². The molecule has 9 heteroatoms. The number of anilines is 1. The Kier molecular flexibility index (Phi) is 3.43. The predicted octanol–water partition coefficient (Wildman–Crippen LogP) is -1.51. The summed E-state index contributed by atoms with van der Waals surface area (Å²) in [5.74, 6) is 2.92. The lowest BCUT2D eigenvalue weighted by Crippen LogP contribution is -2.41. The van der Waals surface area contributed by atoms with E-state index in [9.17, 15) is 10.2 Å². The van der Waals surface area contributed by atoms with Crippen molar-refractivity contribution < 1.29 is 19.4 Å². The minimum absolute atomic E-state index is 0.256. The number of hydrogen-bond acceptors (Lipinski definition) is 7. The number of aliphatic hydroxyl groups is 2. The molecule has 2 aromatic rings. The molecule has 4 atom stereocenters. The van der Waals surface area contributed by atoms with Gasteiger partial charge in [-0.15, -0.1) is 6.42 Å². The van der Waals surface area contributed by atoms with Crippen LogP contribution in [0.5, 0.6) is 0 Å². The van der Waals surface area contributed by atoms with E-state index >= 15 is 0 Å². The van der Waals surface area contributed by atoms with Gasteiger partial charge in [0.15, 0.2) is 17.7 Å². The zero-order chi connectivity index (χ0) is 16.9. The van der Waals surface area contributed by atoms with E-state index in [0.29, 0.717) is 24.3 Å². The molecule has 0 bridgehead atoms. The van der Waals surface area contributed by atoms with Crippen LogP contribution in [0.3, 0.4) is 0 Å². The van der Waals surface area contributed by atoms with E-state index in [-0.39, 0.29) is 5.82 Å². The fraction of sp³-hybridized carbons (Fsp3) is 0.533. The molecule has 2 aliphatic rings. The van der Waals surface area contributed by atoms with Crippen molar-refractivity contribution >= 4 is 17.0 Å². The summed E-state index contributed by atoms with van der Waals surface area (Å²) in [4.78, 5) is 12.2. The van der Waals surface area contributed by atoms with Crippen molar-refractivity contribution in [2.24, 2.45) is 0 Å². The summed E-state index contributed by atoms with van der Waals surface area (Å²) >= 11 is 0. The van der Waals surface area contributed by atoms with Gasteiger partial charge in [0.1, 0.15) is 56.3 Å². The minimum Gasteiger partial charge on any atom is -0.387 e. The van der Waals surface area contributed by atoms with Gasteiger partial charge in [-0.1, -0.05) is 0 Å². The molecule has 2 fully saturated rings. The van der Waals surface area contributed by atoms with Gasteiger partial charge in [-0.3, -0.25) is 4.57 Å². The molecule has 0 aromatic carbocycles. The molecule has 2 saturated heterocycles. The van der Waals surface area contributed by atoms with E-state index in [4.69, 9.17) is 16.9 Å². The summed E-state index contributed by atoms with van der Waals surface area (Å²) in [6.07, 6.45) is 4.86. The number of imidazole rings is 1. The number of terminal acetylenes is 1. The van der Waals surface area contributed by atoms with Crippen LogP contribution < -0.4 is 5.73 Å². The average Bonchev–Trinajstić information content (AvgIpc) is 3.08. The Morgan fingerprint density at radius 1 is 1.33 bits per heavy atom. The smallest absolute Gasteiger partial charge is 0.167 e. The van der Waals surface area contributed by atoms with Gasteiger partial charge < -0.3 is 25.2 Å². The third kappa shape index (κ3) is 2.32. The molecule has 126 valence electrons. The third-order valence-electron chi connectivity index (χ3n) is 4.85. The molecule has 4 rings (SSSR count). The number of hydrogen-bond donors (Lipinski definition) is 3. The number of quaternary nitrogens is 1. The van der Waals surface area contributed by atoms with Gasteiger partial charge in [0, 0.05) is 0 Å². The number of aromatic nitrogens is 4. The molecule has 0 aliphatic carbocycles. The Labute approximate surface area is 138 Å². The fourth-order valence-corrected chi connectivity index (χ4v) is 3.29. The first kappa shape index (κ1) is 15.3.